The Labute approximate surface area is 176 Å². The van der Waals surface area contributed by atoms with Crippen molar-refractivity contribution in [1.29, 1.82) is 0 Å². The van der Waals surface area contributed by atoms with E-state index in [4.69, 9.17) is 0 Å². The Balaban J connectivity index is 1.49. The van der Waals surface area contributed by atoms with Gasteiger partial charge in [0.2, 0.25) is 5.91 Å². The summed E-state index contributed by atoms with van der Waals surface area (Å²) in [6, 6.07) is 7.39. The molecule has 0 aromatic carbocycles. The second-order valence-corrected chi connectivity index (χ2v) is 7.52. The number of piperazine rings is 1. The van der Waals surface area contributed by atoms with Crippen LogP contribution in [0, 0.1) is 0 Å². The molecule has 0 unspecified atom stereocenters. The predicted molar refractivity (Wildman–Crippen MR) is 110 cm³/mol. The number of fused-ring (bicyclic) bond motifs is 1. The van der Waals surface area contributed by atoms with Gasteiger partial charge in [0.05, 0.1) is 17.8 Å². The van der Waals surface area contributed by atoms with E-state index in [1.165, 1.54) is 6.07 Å². The van der Waals surface area contributed by atoms with Crippen LogP contribution in [0.25, 0.3) is 22.2 Å². The van der Waals surface area contributed by atoms with E-state index < -0.39 is 11.9 Å². The minimum absolute atomic E-state index is 0.153. The number of carbonyl (C=O) groups excluding carboxylic acids is 1. The number of anilines is 1. The van der Waals surface area contributed by atoms with Crippen molar-refractivity contribution in [1.82, 2.24) is 24.8 Å². The lowest BCUT2D eigenvalue weighted by Crippen LogP contribution is -2.47. The molecule has 3 aromatic rings. The average Bonchev–Trinajstić information content (AvgIpc) is 2.74. The van der Waals surface area contributed by atoms with Gasteiger partial charge < -0.3 is 10.2 Å². The fraction of sp³-hybridized carbons (Fsp3) is 0.333. The third kappa shape index (κ3) is 5.15. The number of aromatic nitrogens is 3. The van der Waals surface area contributed by atoms with Crippen LogP contribution >= 0.6 is 0 Å². The zero-order valence-electron chi connectivity index (χ0n) is 16.9. The van der Waals surface area contributed by atoms with Crippen LogP contribution in [0.2, 0.25) is 0 Å². The van der Waals surface area contributed by atoms with Crippen molar-refractivity contribution >= 4 is 22.6 Å². The standard InChI is InChI=1S/C21H21F3N6O/c1-29-6-8-30(9-7-29)13-20(31)28-19-10-17-15(12-26-19)2-4-16(27-17)14-3-5-18(25-11-14)21(22,23)24/h2-5,10-12H,6-9,13H2,1H3,(H,26,28,31). The number of nitrogens with zero attached hydrogens (tertiary/aromatic N) is 5. The number of rotatable bonds is 4. The Morgan fingerprint density at radius 1 is 1.06 bits per heavy atom. The number of hydrogen-bond donors (Lipinski definition) is 1. The number of carbonyl (C=O) groups is 1. The summed E-state index contributed by atoms with van der Waals surface area (Å²) in [6.07, 6.45) is -1.74. The number of likely N-dealkylation sites (N-methyl/N-ethyl adjacent to an activating group) is 1. The minimum atomic E-state index is -4.49. The molecule has 1 aliphatic rings. The zero-order valence-corrected chi connectivity index (χ0v) is 16.9. The van der Waals surface area contributed by atoms with Crippen LogP contribution in [-0.4, -0.2) is 70.4 Å². The highest BCUT2D eigenvalue weighted by molar-refractivity contribution is 5.93. The molecule has 0 atom stereocenters. The first-order chi connectivity index (χ1) is 14.8. The van der Waals surface area contributed by atoms with Gasteiger partial charge in [-0.2, -0.15) is 13.2 Å². The van der Waals surface area contributed by atoms with Gasteiger partial charge in [-0.05, 0) is 31.3 Å². The van der Waals surface area contributed by atoms with Crippen molar-refractivity contribution in [2.24, 2.45) is 0 Å². The number of hydrogen-bond acceptors (Lipinski definition) is 6. The van der Waals surface area contributed by atoms with Gasteiger partial charge in [-0.25, -0.2) is 9.97 Å². The first-order valence-electron chi connectivity index (χ1n) is 9.79. The Morgan fingerprint density at radius 2 is 1.84 bits per heavy atom. The van der Waals surface area contributed by atoms with Crippen molar-refractivity contribution < 1.29 is 18.0 Å². The molecule has 0 spiro atoms. The molecule has 7 nitrogen and oxygen atoms in total. The molecule has 1 fully saturated rings. The smallest absolute Gasteiger partial charge is 0.310 e. The molecule has 31 heavy (non-hydrogen) atoms. The van der Waals surface area contributed by atoms with Crippen molar-refractivity contribution in [3.8, 4) is 11.3 Å². The Hall–Kier alpha value is -3.11. The number of nitrogens with one attached hydrogen (secondary N) is 1. The molecular formula is C21H21F3N6O. The summed E-state index contributed by atoms with van der Waals surface area (Å²) in [6.45, 7) is 3.81. The van der Waals surface area contributed by atoms with Crippen molar-refractivity contribution in [2.75, 3.05) is 45.1 Å². The summed E-state index contributed by atoms with van der Waals surface area (Å²) in [5.74, 6) is 0.223. The van der Waals surface area contributed by atoms with Crippen LogP contribution in [0.3, 0.4) is 0 Å². The highest BCUT2D eigenvalue weighted by atomic mass is 19.4. The van der Waals surface area contributed by atoms with Crippen LogP contribution in [0.4, 0.5) is 19.0 Å². The largest absolute Gasteiger partial charge is 0.433 e. The van der Waals surface area contributed by atoms with E-state index in [9.17, 15) is 18.0 Å². The third-order valence-corrected chi connectivity index (χ3v) is 5.15. The van der Waals surface area contributed by atoms with Gasteiger partial charge in [0.25, 0.3) is 0 Å². The van der Waals surface area contributed by atoms with E-state index in [1.807, 2.05) is 0 Å². The molecule has 4 rings (SSSR count). The Bertz CT molecular complexity index is 1080. The van der Waals surface area contributed by atoms with Gasteiger partial charge >= 0.3 is 6.18 Å². The maximum Gasteiger partial charge on any atom is 0.433 e. The third-order valence-electron chi connectivity index (χ3n) is 5.15. The van der Waals surface area contributed by atoms with Gasteiger partial charge in [-0.1, -0.05) is 0 Å². The van der Waals surface area contributed by atoms with Crippen LogP contribution in [0.15, 0.2) is 42.7 Å². The fourth-order valence-corrected chi connectivity index (χ4v) is 3.35. The zero-order chi connectivity index (χ0) is 22.0. The van der Waals surface area contributed by atoms with E-state index in [-0.39, 0.29) is 12.5 Å². The van der Waals surface area contributed by atoms with Crippen LogP contribution in [0.1, 0.15) is 5.69 Å². The lowest BCUT2D eigenvalue weighted by atomic mass is 10.1. The lowest BCUT2D eigenvalue weighted by molar-refractivity contribution is -0.141. The maximum absolute atomic E-state index is 12.7. The SMILES string of the molecule is CN1CCN(CC(=O)Nc2cc3nc(-c4ccc(C(F)(F)F)nc4)ccc3cn2)CC1. The Morgan fingerprint density at radius 3 is 2.52 bits per heavy atom. The monoisotopic (exact) mass is 430 g/mol. The summed E-state index contributed by atoms with van der Waals surface area (Å²) in [5, 5.41) is 3.54. The summed E-state index contributed by atoms with van der Waals surface area (Å²) in [5.41, 5.74) is 0.566. The highest BCUT2D eigenvalue weighted by Crippen LogP contribution is 2.29. The normalized spacial score (nSPS) is 15.9. The number of pyridine rings is 3. The second kappa shape index (κ2) is 8.56. The van der Waals surface area contributed by atoms with Crippen molar-refractivity contribution in [3.05, 3.63) is 48.4 Å². The molecule has 0 bridgehead atoms. The van der Waals surface area contributed by atoms with Gasteiger partial charge in [-0.3, -0.25) is 14.7 Å². The quantitative estimate of drug-likeness (QED) is 0.686. The Kier molecular flexibility index (Phi) is 5.84. The topological polar surface area (TPSA) is 74.2 Å². The van der Waals surface area contributed by atoms with Crippen LogP contribution in [0.5, 0.6) is 0 Å². The number of halogens is 3. The van der Waals surface area contributed by atoms with Gasteiger partial charge in [-0.15, -0.1) is 0 Å². The molecular weight excluding hydrogens is 409 g/mol. The van der Waals surface area contributed by atoms with Crippen LogP contribution in [-0.2, 0) is 11.0 Å². The molecule has 3 aromatic heterocycles. The summed E-state index contributed by atoms with van der Waals surface area (Å²) < 4.78 is 38.2. The molecule has 0 radical (unpaired) electrons. The minimum Gasteiger partial charge on any atom is -0.310 e. The van der Waals surface area contributed by atoms with E-state index in [2.05, 4.69) is 37.1 Å². The molecule has 10 heteroatoms. The van der Waals surface area contributed by atoms with Gasteiger partial charge in [0.1, 0.15) is 11.5 Å². The van der Waals surface area contributed by atoms with E-state index in [0.29, 0.717) is 22.6 Å². The van der Waals surface area contributed by atoms with Crippen molar-refractivity contribution in [3.63, 3.8) is 0 Å². The number of amides is 1. The number of alkyl halides is 3. The lowest BCUT2D eigenvalue weighted by Gasteiger charge is -2.31. The predicted octanol–water partition coefficient (Wildman–Crippen LogP) is 2.90. The van der Waals surface area contributed by atoms with Gasteiger partial charge in [0.15, 0.2) is 0 Å². The molecule has 0 saturated carbocycles. The van der Waals surface area contributed by atoms with E-state index in [1.54, 1.807) is 24.4 Å². The fourth-order valence-electron chi connectivity index (χ4n) is 3.35. The molecule has 1 N–H and O–H groups in total. The summed E-state index contributed by atoms with van der Waals surface area (Å²) >= 11 is 0. The first-order valence-corrected chi connectivity index (χ1v) is 9.79. The van der Waals surface area contributed by atoms with E-state index >= 15 is 0 Å². The molecule has 1 aliphatic heterocycles. The summed E-state index contributed by atoms with van der Waals surface area (Å²) in [7, 11) is 2.05. The highest BCUT2D eigenvalue weighted by Gasteiger charge is 2.32. The maximum atomic E-state index is 12.7. The van der Waals surface area contributed by atoms with E-state index in [0.717, 1.165) is 43.8 Å². The average molecular weight is 430 g/mol. The van der Waals surface area contributed by atoms with Crippen LogP contribution < -0.4 is 5.32 Å². The molecule has 1 amide bonds. The molecule has 4 heterocycles. The molecule has 1 saturated heterocycles. The molecule has 0 aliphatic carbocycles. The molecule has 162 valence electrons. The van der Waals surface area contributed by atoms with Gasteiger partial charge in [0, 0.05) is 55.6 Å². The first kappa shape index (κ1) is 21.1. The summed E-state index contributed by atoms with van der Waals surface area (Å²) in [4.78, 5) is 28.9. The second-order valence-electron chi connectivity index (χ2n) is 7.52. The van der Waals surface area contributed by atoms with Crippen molar-refractivity contribution in [2.45, 2.75) is 6.18 Å².